The van der Waals surface area contributed by atoms with Crippen LogP contribution in [0.4, 0.5) is 20.3 Å². The number of ether oxygens (including phenoxy) is 1. The molecule has 35 heavy (non-hydrogen) atoms. The lowest BCUT2D eigenvalue weighted by Crippen LogP contribution is -2.20. The Bertz CT molecular complexity index is 1380. The number of halogens is 2. The maximum atomic E-state index is 13.9. The summed E-state index contributed by atoms with van der Waals surface area (Å²) in [5, 5.41) is 3.57. The predicted octanol–water partition coefficient (Wildman–Crippen LogP) is 5.15. The van der Waals surface area contributed by atoms with E-state index >= 15 is 0 Å². The van der Waals surface area contributed by atoms with Gasteiger partial charge in [0.05, 0.1) is 19.7 Å². The van der Waals surface area contributed by atoms with Crippen LogP contribution in [0.3, 0.4) is 0 Å². The van der Waals surface area contributed by atoms with Gasteiger partial charge in [-0.3, -0.25) is 4.79 Å². The first-order valence-corrected chi connectivity index (χ1v) is 11.6. The van der Waals surface area contributed by atoms with E-state index in [0.717, 1.165) is 42.8 Å². The zero-order chi connectivity index (χ0) is 24.4. The molecule has 1 aliphatic heterocycles. The van der Waals surface area contributed by atoms with Crippen molar-refractivity contribution in [1.29, 1.82) is 0 Å². The van der Waals surface area contributed by atoms with Crippen LogP contribution in [0, 0.1) is 11.6 Å². The van der Waals surface area contributed by atoms with E-state index in [4.69, 9.17) is 4.74 Å². The first-order valence-electron chi connectivity index (χ1n) is 11.6. The summed E-state index contributed by atoms with van der Waals surface area (Å²) >= 11 is 0. The molecule has 0 radical (unpaired) electrons. The Labute approximate surface area is 202 Å². The van der Waals surface area contributed by atoms with E-state index in [1.54, 1.807) is 31.5 Å². The van der Waals surface area contributed by atoms with Gasteiger partial charge in [0.15, 0.2) is 0 Å². The zero-order valence-corrected chi connectivity index (χ0v) is 19.4. The number of pyridine rings is 1. The second-order valence-electron chi connectivity index (χ2n) is 8.72. The fourth-order valence-corrected chi connectivity index (χ4v) is 4.62. The minimum absolute atomic E-state index is 0.0443. The maximum absolute atomic E-state index is 13.9. The number of amides is 1. The summed E-state index contributed by atoms with van der Waals surface area (Å²) in [5.41, 5.74) is 2.69. The molecule has 8 heteroatoms. The first-order chi connectivity index (χ1) is 17.0. The zero-order valence-electron chi connectivity index (χ0n) is 19.4. The molecule has 1 fully saturated rings. The first kappa shape index (κ1) is 22.8. The fourth-order valence-electron chi connectivity index (χ4n) is 4.62. The number of rotatable bonds is 7. The van der Waals surface area contributed by atoms with Gasteiger partial charge < -0.3 is 19.5 Å². The quantitative estimate of drug-likeness (QED) is 0.401. The van der Waals surface area contributed by atoms with Gasteiger partial charge in [0.1, 0.15) is 28.9 Å². The number of anilines is 2. The number of carbonyl (C=O) groups excluding carboxylic acids is 1. The molecule has 3 heterocycles. The number of nitrogens with one attached hydrogen (secondary N) is 1. The molecule has 4 aromatic rings. The Hall–Kier alpha value is -3.94. The summed E-state index contributed by atoms with van der Waals surface area (Å²) in [6.45, 7) is 2.27. The molecular weight excluding hydrogens is 450 g/mol. The molecule has 1 aliphatic rings. The van der Waals surface area contributed by atoms with Crippen molar-refractivity contribution >= 4 is 28.3 Å². The monoisotopic (exact) mass is 476 g/mol. The van der Waals surface area contributed by atoms with Crippen molar-refractivity contribution in [2.24, 2.45) is 0 Å². The molecule has 2 aromatic heterocycles. The van der Waals surface area contributed by atoms with Crippen LogP contribution < -0.4 is 15.0 Å². The minimum atomic E-state index is -0.356. The van der Waals surface area contributed by atoms with Crippen LogP contribution in [-0.2, 0) is 17.8 Å². The summed E-state index contributed by atoms with van der Waals surface area (Å²) in [6.07, 6.45) is 3.93. The molecule has 6 nitrogen and oxygen atoms in total. The summed E-state index contributed by atoms with van der Waals surface area (Å²) in [7, 11) is 1.56. The summed E-state index contributed by atoms with van der Waals surface area (Å²) in [4.78, 5) is 19.7. The third kappa shape index (κ3) is 4.96. The Morgan fingerprint density at radius 2 is 1.86 bits per heavy atom. The van der Waals surface area contributed by atoms with Gasteiger partial charge in [0.2, 0.25) is 5.91 Å². The molecule has 1 saturated heterocycles. The number of benzene rings is 2. The molecular formula is C27H26F2N4O2. The van der Waals surface area contributed by atoms with Crippen LogP contribution in [0.1, 0.15) is 24.1 Å². The number of methoxy groups -OCH3 is 1. The van der Waals surface area contributed by atoms with Gasteiger partial charge in [0.25, 0.3) is 0 Å². The highest BCUT2D eigenvalue weighted by Crippen LogP contribution is 2.30. The molecule has 0 spiro atoms. The lowest BCUT2D eigenvalue weighted by atomic mass is 10.2. The van der Waals surface area contributed by atoms with E-state index < -0.39 is 0 Å². The second-order valence-corrected chi connectivity index (χ2v) is 8.72. The van der Waals surface area contributed by atoms with Crippen LogP contribution in [0.15, 0.2) is 60.8 Å². The van der Waals surface area contributed by atoms with E-state index in [1.807, 2.05) is 16.7 Å². The Balaban J connectivity index is 1.40. The van der Waals surface area contributed by atoms with Crippen LogP contribution >= 0.6 is 0 Å². The number of carbonyl (C=O) groups is 1. The Morgan fingerprint density at radius 3 is 2.63 bits per heavy atom. The van der Waals surface area contributed by atoms with Crippen molar-refractivity contribution in [3.8, 4) is 5.75 Å². The normalized spacial score (nSPS) is 13.4. The number of fused-ring (bicyclic) bond motifs is 1. The molecule has 0 atom stereocenters. The number of hydrogen-bond acceptors (Lipinski definition) is 4. The van der Waals surface area contributed by atoms with Crippen LogP contribution in [0.5, 0.6) is 5.75 Å². The van der Waals surface area contributed by atoms with Crippen LogP contribution in [-0.4, -0.2) is 35.7 Å². The van der Waals surface area contributed by atoms with Crippen molar-refractivity contribution < 1.29 is 18.3 Å². The Morgan fingerprint density at radius 1 is 1.06 bits per heavy atom. The van der Waals surface area contributed by atoms with Crippen molar-refractivity contribution in [2.45, 2.75) is 25.8 Å². The van der Waals surface area contributed by atoms with Crippen molar-refractivity contribution in [2.75, 3.05) is 30.4 Å². The fraction of sp³-hybridized carbons (Fsp3) is 0.259. The molecule has 0 saturated carbocycles. The smallest absolute Gasteiger partial charge is 0.230 e. The molecule has 0 unspecified atom stereocenters. The molecule has 2 aromatic carbocycles. The third-order valence-electron chi connectivity index (χ3n) is 6.30. The summed E-state index contributed by atoms with van der Waals surface area (Å²) in [5.74, 6) is 0.418. The summed E-state index contributed by atoms with van der Waals surface area (Å²) in [6, 6.07) is 14.4. The van der Waals surface area contributed by atoms with E-state index in [-0.39, 0.29) is 24.0 Å². The highest BCUT2D eigenvalue weighted by molar-refractivity contribution is 5.94. The number of nitrogens with zero attached hydrogens (tertiary/aromatic N) is 3. The van der Waals surface area contributed by atoms with Gasteiger partial charge in [-0.2, -0.15) is 0 Å². The van der Waals surface area contributed by atoms with Gasteiger partial charge in [-0.25, -0.2) is 13.8 Å². The van der Waals surface area contributed by atoms with Gasteiger partial charge in [-0.05, 0) is 54.8 Å². The topological polar surface area (TPSA) is 59.4 Å². The molecule has 1 amide bonds. The average molecular weight is 477 g/mol. The van der Waals surface area contributed by atoms with Crippen molar-refractivity contribution in [3.63, 3.8) is 0 Å². The summed E-state index contributed by atoms with van der Waals surface area (Å²) < 4.78 is 35.1. The molecule has 1 N–H and O–H groups in total. The van der Waals surface area contributed by atoms with Crippen molar-refractivity contribution in [3.05, 3.63) is 83.7 Å². The van der Waals surface area contributed by atoms with Gasteiger partial charge >= 0.3 is 0 Å². The maximum Gasteiger partial charge on any atom is 0.230 e. The van der Waals surface area contributed by atoms with E-state index in [9.17, 15) is 13.6 Å². The van der Waals surface area contributed by atoms with Crippen molar-refractivity contribution in [1.82, 2.24) is 9.55 Å². The highest BCUT2D eigenvalue weighted by Gasteiger charge is 2.18. The highest BCUT2D eigenvalue weighted by atomic mass is 19.1. The number of hydrogen-bond donors (Lipinski definition) is 1. The SMILES string of the molecule is COc1cc(N2CCCC2)ncc1NC(=O)Cc1cc2cc(F)ccc2n1Cc1cccc(F)c1. The molecule has 5 rings (SSSR count). The van der Waals surface area contributed by atoms with E-state index in [2.05, 4.69) is 15.2 Å². The van der Waals surface area contributed by atoms with Gasteiger partial charge in [-0.1, -0.05) is 12.1 Å². The molecule has 180 valence electrons. The standard InChI is InChI=1S/C27H26F2N4O2/c1-35-25-15-26(32-9-2-3-10-32)30-16-23(25)31-27(34)14-22-13-19-12-21(29)7-8-24(19)33(22)17-18-5-4-6-20(28)11-18/h4-8,11-13,15-16H,2-3,9-10,14,17H2,1H3,(H,31,34). The lowest BCUT2D eigenvalue weighted by molar-refractivity contribution is -0.115. The minimum Gasteiger partial charge on any atom is -0.494 e. The van der Waals surface area contributed by atoms with Crippen LogP contribution in [0.2, 0.25) is 0 Å². The van der Waals surface area contributed by atoms with E-state index in [1.165, 1.54) is 24.3 Å². The largest absolute Gasteiger partial charge is 0.494 e. The predicted molar refractivity (Wildman–Crippen MR) is 132 cm³/mol. The second kappa shape index (κ2) is 9.74. The molecule has 0 bridgehead atoms. The third-order valence-corrected chi connectivity index (χ3v) is 6.30. The van der Waals surface area contributed by atoms with Gasteiger partial charge in [0, 0.05) is 42.3 Å². The average Bonchev–Trinajstić information content (AvgIpc) is 3.48. The van der Waals surface area contributed by atoms with E-state index in [0.29, 0.717) is 29.1 Å². The number of aromatic nitrogens is 2. The molecule has 0 aliphatic carbocycles. The lowest BCUT2D eigenvalue weighted by Gasteiger charge is -2.18. The van der Waals surface area contributed by atoms with Gasteiger partial charge in [-0.15, -0.1) is 0 Å². The van der Waals surface area contributed by atoms with Crippen LogP contribution in [0.25, 0.3) is 10.9 Å². The Kier molecular flexibility index (Phi) is 6.35.